The van der Waals surface area contributed by atoms with Crippen LogP contribution in [0.15, 0.2) is 36.5 Å². The van der Waals surface area contributed by atoms with Crippen LogP contribution in [0.1, 0.15) is 11.1 Å². The van der Waals surface area contributed by atoms with Crippen molar-refractivity contribution in [1.29, 1.82) is 0 Å². The molecule has 5 nitrogen and oxygen atoms in total. The van der Waals surface area contributed by atoms with Crippen molar-refractivity contribution in [2.75, 3.05) is 5.73 Å². The number of benzene rings is 1. The molecule has 3 N–H and O–H groups in total. The van der Waals surface area contributed by atoms with Gasteiger partial charge in [-0.2, -0.15) is 5.10 Å². The molecule has 0 atom stereocenters. The lowest BCUT2D eigenvalue weighted by Crippen LogP contribution is -2.01. The number of rotatable bonds is 2. The highest BCUT2D eigenvalue weighted by atomic mass is 32.1. The van der Waals surface area contributed by atoms with Crippen LogP contribution in [-0.2, 0) is 0 Å². The number of aromatic amines is 1. The number of fused-ring (bicyclic) bond motifs is 1. The number of nitrogens with one attached hydrogen (secondary N) is 1. The molecule has 0 radical (unpaired) electrons. The van der Waals surface area contributed by atoms with E-state index >= 15 is 0 Å². The lowest BCUT2D eigenvalue weighted by molar-refractivity contribution is 1.02. The van der Waals surface area contributed by atoms with E-state index in [2.05, 4.69) is 35.1 Å². The van der Waals surface area contributed by atoms with Gasteiger partial charge in [0.1, 0.15) is 4.83 Å². The Morgan fingerprint density at radius 2 is 2.04 bits per heavy atom. The van der Waals surface area contributed by atoms with E-state index in [0.717, 1.165) is 26.3 Å². The maximum atomic E-state index is 6.36. The van der Waals surface area contributed by atoms with Crippen LogP contribution in [0.25, 0.3) is 26.6 Å². The first-order valence-corrected chi connectivity index (χ1v) is 8.67. The topological polar surface area (TPSA) is 72.5 Å². The number of H-pyrrole nitrogens is 1. The van der Waals surface area contributed by atoms with Gasteiger partial charge in [-0.3, -0.25) is 9.67 Å². The second-order valence-corrected chi connectivity index (χ2v) is 6.99. The molecule has 0 aliphatic carbocycles. The Balaban J connectivity index is 2.03. The number of hydrogen-bond acceptors (Lipinski definition) is 5. The molecule has 0 saturated carbocycles. The van der Waals surface area contributed by atoms with E-state index in [4.69, 9.17) is 18.0 Å². The summed E-state index contributed by atoms with van der Waals surface area (Å²) >= 11 is 7.00. The number of aromatic nitrogens is 4. The number of thiophene rings is 1. The minimum absolute atomic E-state index is 0.545. The minimum Gasteiger partial charge on any atom is -0.397 e. The Morgan fingerprint density at radius 1 is 1.21 bits per heavy atom. The Kier molecular flexibility index (Phi) is 3.47. The highest BCUT2D eigenvalue weighted by Gasteiger charge is 2.19. The van der Waals surface area contributed by atoms with E-state index in [1.165, 1.54) is 16.9 Å². The predicted octanol–water partition coefficient (Wildman–Crippen LogP) is 4.41. The summed E-state index contributed by atoms with van der Waals surface area (Å²) in [5.41, 5.74) is 10.4. The SMILES string of the molecule is Cc1cccc(-n2c(-c3sc4ncccc4c3N)n[nH]c2=S)c1C. The quantitative estimate of drug-likeness (QED) is 0.524. The second kappa shape index (κ2) is 5.54. The summed E-state index contributed by atoms with van der Waals surface area (Å²) in [6, 6.07) is 10.0. The molecule has 0 bridgehead atoms. The highest BCUT2D eigenvalue weighted by Crippen LogP contribution is 2.39. The zero-order valence-electron chi connectivity index (χ0n) is 13.2. The van der Waals surface area contributed by atoms with Gasteiger partial charge in [-0.1, -0.05) is 12.1 Å². The normalized spacial score (nSPS) is 11.2. The maximum Gasteiger partial charge on any atom is 0.200 e. The second-order valence-electron chi connectivity index (χ2n) is 5.61. The molecule has 24 heavy (non-hydrogen) atoms. The van der Waals surface area contributed by atoms with Crippen LogP contribution in [0.2, 0.25) is 0 Å². The monoisotopic (exact) mass is 353 g/mol. The van der Waals surface area contributed by atoms with Crippen molar-refractivity contribution in [2.45, 2.75) is 13.8 Å². The number of aryl methyl sites for hydroxylation is 1. The average molecular weight is 353 g/mol. The van der Waals surface area contributed by atoms with Crippen molar-refractivity contribution in [1.82, 2.24) is 19.7 Å². The molecule has 3 aromatic heterocycles. The summed E-state index contributed by atoms with van der Waals surface area (Å²) in [4.78, 5) is 6.16. The van der Waals surface area contributed by atoms with Gasteiger partial charge in [-0.05, 0) is 55.4 Å². The standard InChI is InChI=1S/C17H15N5S2/c1-9-5-3-7-12(10(9)2)22-15(20-21-17(22)23)14-13(18)11-6-4-8-19-16(11)24-14/h3-8H,18H2,1-2H3,(H,21,23). The van der Waals surface area contributed by atoms with Gasteiger partial charge in [0.2, 0.25) is 0 Å². The fourth-order valence-electron chi connectivity index (χ4n) is 2.77. The largest absolute Gasteiger partial charge is 0.397 e. The molecule has 4 aromatic rings. The Bertz CT molecular complexity index is 1120. The van der Waals surface area contributed by atoms with Crippen LogP contribution in [0, 0.1) is 18.6 Å². The summed E-state index contributed by atoms with van der Waals surface area (Å²) in [6.45, 7) is 4.17. The van der Waals surface area contributed by atoms with E-state index in [1.807, 2.05) is 28.8 Å². The molecule has 0 spiro atoms. The summed E-state index contributed by atoms with van der Waals surface area (Å²) in [7, 11) is 0. The van der Waals surface area contributed by atoms with Gasteiger partial charge >= 0.3 is 0 Å². The molecule has 3 heterocycles. The number of nitrogen functional groups attached to an aromatic ring is 1. The molecular formula is C17H15N5S2. The third-order valence-corrected chi connectivity index (χ3v) is 5.60. The number of anilines is 1. The average Bonchev–Trinajstić information content (AvgIpc) is 3.11. The lowest BCUT2D eigenvalue weighted by Gasteiger charge is -2.11. The van der Waals surface area contributed by atoms with Gasteiger partial charge in [-0.15, -0.1) is 11.3 Å². The maximum absolute atomic E-state index is 6.36. The van der Waals surface area contributed by atoms with E-state index in [-0.39, 0.29) is 0 Å². The number of hydrogen-bond donors (Lipinski definition) is 2. The van der Waals surface area contributed by atoms with Crippen LogP contribution < -0.4 is 5.73 Å². The molecule has 0 aliphatic rings. The fraction of sp³-hybridized carbons (Fsp3) is 0.118. The summed E-state index contributed by atoms with van der Waals surface area (Å²) in [5.74, 6) is 0.717. The molecule has 7 heteroatoms. The van der Waals surface area contributed by atoms with Crippen LogP contribution >= 0.6 is 23.6 Å². The summed E-state index contributed by atoms with van der Waals surface area (Å²) in [6.07, 6.45) is 1.77. The van der Waals surface area contributed by atoms with Crippen LogP contribution in [0.4, 0.5) is 5.69 Å². The van der Waals surface area contributed by atoms with Crippen molar-refractivity contribution in [3.05, 3.63) is 52.4 Å². The zero-order valence-corrected chi connectivity index (χ0v) is 14.8. The summed E-state index contributed by atoms with van der Waals surface area (Å²) < 4.78 is 2.49. The smallest absolute Gasteiger partial charge is 0.200 e. The third-order valence-electron chi connectivity index (χ3n) is 4.20. The minimum atomic E-state index is 0.545. The van der Waals surface area contributed by atoms with Crippen LogP contribution in [-0.4, -0.2) is 19.7 Å². The molecule has 4 rings (SSSR count). The third kappa shape index (κ3) is 2.16. The molecule has 0 aliphatic heterocycles. The van der Waals surface area contributed by atoms with Gasteiger partial charge < -0.3 is 5.73 Å². The first-order valence-electron chi connectivity index (χ1n) is 7.45. The molecule has 0 saturated heterocycles. The predicted molar refractivity (Wildman–Crippen MR) is 101 cm³/mol. The van der Waals surface area contributed by atoms with Crippen molar-refractivity contribution >= 4 is 39.5 Å². The Labute approximate surface area is 147 Å². The number of nitrogens with zero attached hydrogens (tertiary/aromatic N) is 3. The molecule has 0 amide bonds. The lowest BCUT2D eigenvalue weighted by atomic mass is 10.1. The Morgan fingerprint density at radius 3 is 2.83 bits per heavy atom. The van der Waals surface area contributed by atoms with Gasteiger partial charge in [0.15, 0.2) is 10.6 Å². The van der Waals surface area contributed by atoms with Gasteiger partial charge in [-0.25, -0.2) is 4.98 Å². The first-order chi connectivity index (χ1) is 11.6. The molecule has 0 unspecified atom stereocenters. The van der Waals surface area contributed by atoms with E-state index in [9.17, 15) is 0 Å². The number of pyridine rings is 1. The zero-order chi connectivity index (χ0) is 16.8. The Hall–Kier alpha value is -2.51. The molecular weight excluding hydrogens is 338 g/mol. The van der Waals surface area contributed by atoms with Crippen molar-refractivity contribution in [3.8, 4) is 16.4 Å². The van der Waals surface area contributed by atoms with Gasteiger partial charge in [0, 0.05) is 11.6 Å². The molecule has 0 fully saturated rings. The molecule has 120 valence electrons. The molecule has 1 aromatic carbocycles. The van der Waals surface area contributed by atoms with E-state index in [1.54, 1.807) is 6.20 Å². The van der Waals surface area contributed by atoms with Crippen LogP contribution in [0.5, 0.6) is 0 Å². The van der Waals surface area contributed by atoms with Crippen molar-refractivity contribution in [3.63, 3.8) is 0 Å². The highest BCUT2D eigenvalue weighted by molar-refractivity contribution is 7.71. The van der Waals surface area contributed by atoms with E-state index in [0.29, 0.717) is 16.3 Å². The van der Waals surface area contributed by atoms with E-state index < -0.39 is 0 Å². The van der Waals surface area contributed by atoms with Gasteiger partial charge in [0.25, 0.3) is 0 Å². The van der Waals surface area contributed by atoms with Gasteiger partial charge in [0.05, 0.1) is 16.3 Å². The van der Waals surface area contributed by atoms with Crippen LogP contribution in [0.3, 0.4) is 0 Å². The first kappa shape index (κ1) is 15.0. The van der Waals surface area contributed by atoms with Crippen molar-refractivity contribution in [2.24, 2.45) is 0 Å². The number of nitrogens with two attached hydrogens (primary N) is 1. The summed E-state index contributed by atoms with van der Waals surface area (Å²) in [5, 5.41) is 8.28. The fourth-order valence-corrected chi connectivity index (χ4v) is 4.04. The van der Waals surface area contributed by atoms with Crippen molar-refractivity contribution < 1.29 is 0 Å².